The Morgan fingerprint density at radius 3 is 2.37 bits per heavy atom. The Hall–Kier alpha value is -2.67. The number of benzene rings is 1. The number of amides is 2. The molecule has 27 heavy (non-hydrogen) atoms. The Balaban J connectivity index is 1.32. The summed E-state index contributed by atoms with van der Waals surface area (Å²) in [5, 5.41) is 4.43. The molecule has 7 heteroatoms. The summed E-state index contributed by atoms with van der Waals surface area (Å²) in [4.78, 5) is 28.1. The fraction of sp³-hybridized carbons (Fsp3) is 0.450. The molecule has 4 rings (SSSR count). The molecule has 1 saturated heterocycles. The minimum Gasteiger partial charge on any atom is -0.366 e. The van der Waals surface area contributed by atoms with Gasteiger partial charge in [0.25, 0.3) is 5.91 Å². The van der Waals surface area contributed by atoms with Crippen LogP contribution in [-0.4, -0.2) is 57.6 Å². The third kappa shape index (κ3) is 3.88. The standard InChI is InChI=1S/C20H25N5O2/c1-23-18(15-6-7-15)12-17(22-23)20(27)25-10-8-24(9-11-25)13-14-2-4-16(5-3-14)19(21)26/h2-5,12,15H,6-11,13H2,1H3,(H2,21,26). The first-order chi connectivity index (χ1) is 13.0. The van der Waals surface area contributed by atoms with Crippen LogP contribution in [0.4, 0.5) is 0 Å². The molecule has 1 aromatic carbocycles. The average molecular weight is 367 g/mol. The zero-order valence-electron chi connectivity index (χ0n) is 15.6. The highest BCUT2D eigenvalue weighted by atomic mass is 16.2. The molecule has 2 aliphatic rings. The van der Waals surface area contributed by atoms with Crippen molar-refractivity contribution in [2.75, 3.05) is 26.2 Å². The van der Waals surface area contributed by atoms with Crippen molar-refractivity contribution in [1.29, 1.82) is 0 Å². The second-order valence-corrected chi connectivity index (χ2v) is 7.48. The minimum atomic E-state index is -0.409. The summed E-state index contributed by atoms with van der Waals surface area (Å²) in [7, 11) is 1.92. The predicted octanol–water partition coefficient (Wildman–Crippen LogP) is 1.35. The molecule has 2 N–H and O–H groups in total. The van der Waals surface area contributed by atoms with Crippen LogP contribution in [0.3, 0.4) is 0 Å². The largest absolute Gasteiger partial charge is 0.366 e. The van der Waals surface area contributed by atoms with Crippen molar-refractivity contribution < 1.29 is 9.59 Å². The van der Waals surface area contributed by atoms with Crippen LogP contribution in [0.5, 0.6) is 0 Å². The van der Waals surface area contributed by atoms with Gasteiger partial charge >= 0.3 is 0 Å². The van der Waals surface area contributed by atoms with Crippen LogP contribution in [-0.2, 0) is 13.6 Å². The molecule has 1 aromatic heterocycles. The van der Waals surface area contributed by atoms with Crippen LogP contribution < -0.4 is 5.73 Å². The lowest BCUT2D eigenvalue weighted by atomic mass is 10.1. The smallest absolute Gasteiger partial charge is 0.274 e. The maximum absolute atomic E-state index is 12.8. The maximum Gasteiger partial charge on any atom is 0.274 e. The molecular weight excluding hydrogens is 342 g/mol. The molecule has 0 unspecified atom stereocenters. The first-order valence-corrected chi connectivity index (χ1v) is 9.45. The number of nitrogens with two attached hydrogens (primary N) is 1. The van der Waals surface area contributed by atoms with Crippen molar-refractivity contribution in [3.63, 3.8) is 0 Å². The van der Waals surface area contributed by atoms with Crippen molar-refractivity contribution in [3.8, 4) is 0 Å². The fourth-order valence-corrected chi connectivity index (χ4v) is 3.65. The lowest BCUT2D eigenvalue weighted by molar-refractivity contribution is 0.0622. The van der Waals surface area contributed by atoms with Gasteiger partial charge in [0.1, 0.15) is 0 Å². The number of aromatic nitrogens is 2. The SMILES string of the molecule is Cn1nc(C(=O)N2CCN(Cc3ccc(C(N)=O)cc3)CC2)cc1C1CC1. The molecule has 0 atom stereocenters. The summed E-state index contributed by atoms with van der Waals surface area (Å²) in [5.41, 5.74) is 8.68. The van der Waals surface area contributed by atoms with E-state index in [4.69, 9.17) is 5.73 Å². The van der Waals surface area contributed by atoms with Crippen LogP contribution in [0.15, 0.2) is 30.3 Å². The number of hydrogen-bond donors (Lipinski definition) is 1. The van der Waals surface area contributed by atoms with E-state index in [0.29, 0.717) is 30.3 Å². The van der Waals surface area contributed by atoms with Gasteiger partial charge in [0, 0.05) is 56.9 Å². The topological polar surface area (TPSA) is 84.5 Å². The summed E-state index contributed by atoms with van der Waals surface area (Å²) in [5.74, 6) is 0.206. The molecule has 2 aromatic rings. The van der Waals surface area contributed by atoms with E-state index >= 15 is 0 Å². The summed E-state index contributed by atoms with van der Waals surface area (Å²) < 4.78 is 1.86. The number of rotatable bonds is 5. The van der Waals surface area contributed by atoms with Gasteiger partial charge in [0.15, 0.2) is 5.69 Å². The van der Waals surface area contributed by atoms with E-state index in [-0.39, 0.29) is 5.91 Å². The number of carbonyl (C=O) groups is 2. The molecule has 1 saturated carbocycles. The second-order valence-electron chi connectivity index (χ2n) is 7.48. The van der Waals surface area contributed by atoms with Crippen LogP contribution >= 0.6 is 0 Å². The maximum atomic E-state index is 12.8. The van der Waals surface area contributed by atoms with Crippen molar-refractivity contribution in [2.45, 2.75) is 25.3 Å². The molecule has 7 nitrogen and oxygen atoms in total. The van der Waals surface area contributed by atoms with Gasteiger partial charge in [-0.05, 0) is 36.6 Å². The number of hydrogen-bond acceptors (Lipinski definition) is 4. The van der Waals surface area contributed by atoms with E-state index in [1.807, 2.05) is 34.8 Å². The van der Waals surface area contributed by atoms with Gasteiger partial charge in [-0.2, -0.15) is 5.10 Å². The predicted molar refractivity (Wildman–Crippen MR) is 101 cm³/mol. The van der Waals surface area contributed by atoms with Gasteiger partial charge in [-0.1, -0.05) is 12.1 Å². The van der Waals surface area contributed by atoms with Crippen molar-refractivity contribution in [1.82, 2.24) is 19.6 Å². The second kappa shape index (κ2) is 7.15. The van der Waals surface area contributed by atoms with E-state index in [2.05, 4.69) is 10.00 Å². The van der Waals surface area contributed by atoms with Crippen LogP contribution in [0.1, 0.15) is 50.9 Å². The average Bonchev–Trinajstić information content (AvgIpc) is 3.44. The molecule has 0 bridgehead atoms. The number of carbonyl (C=O) groups excluding carboxylic acids is 2. The van der Waals surface area contributed by atoms with Gasteiger partial charge in [-0.15, -0.1) is 0 Å². The quantitative estimate of drug-likeness (QED) is 0.865. The highest BCUT2D eigenvalue weighted by Gasteiger charge is 2.30. The number of primary amides is 1. The molecule has 142 valence electrons. The van der Waals surface area contributed by atoms with Gasteiger partial charge in [0.05, 0.1) is 0 Å². The van der Waals surface area contributed by atoms with Crippen molar-refractivity contribution in [3.05, 3.63) is 52.8 Å². The molecule has 0 spiro atoms. The summed E-state index contributed by atoms with van der Waals surface area (Å²) in [6.45, 7) is 3.86. The summed E-state index contributed by atoms with van der Waals surface area (Å²) in [6.07, 6.45) is 2.40. The van der Waals surface area contributed by atoms with Gasteiger partial charge in [0.2, 0.25) is 5.91 Å². The Morgan fingerprint density at radius 2 is 1.78 bits per heavy atom. The zero-order chi connectivity index (χ0) is 19.0. The molecule has 2 heterocycles. The number of piperazine rings is 1. The molecular formula is C20H25N5O2. The van der Waals surface area contributed by atoms with Crippen LogP contribution in [0.25, 0.3) is 0 Å². The lowest BCUT2D eigenvalue weighted by Crippen LogP contribution is -2.48. The van der Waals surface area contributed by atoms with E-state index in [9.17, 15) is 9.59 Å². The fourth-order valence-electron chi connectivity index (χ4n) is 3.65. The number of nitrogens with zero attached hydrogens (tertiary/aromatic N) is 4. The third-order valence-corrected chi connectivity index (χ3v) is 5.43. The first-order valence-electron chi connectivity index (χ1n) is 9.45. The van der Waals surface area contributed by atoms with Crippen molar-refractivity contribution in [2.24, 2.45) is 12.8 Å². The van der Waals surface area contributed by atoms with E-state index in [1.165, 1.54) is 18.5 Å². The molecule has 0 radical (unpaired) electrons. The Labute approximate surface area is 158 Å². The molecule has 1 aliphatic carbocycles. The lowest BCUT2D eigenvalue weighted by Gasteiger charge is -2.34. The number of aryl methyl sites for hydroxylation is 1. The Morgan fingerprint density at radius 1 is 1.11 bits per heavy atom. The molecule has 2 fully saturated rings. The summed E-state index contributed by atoms with van der Waals surface area (Å²) >= 11 is 0. The highest BCUT2D eigenvalue weighted by Crippen LogP contribution is 2.40. The molecule has 2 amide bonds. The minimum absolute atomic E-state index is 0.0305. The van der Waals surface area contributed by atoms with E-state index in [0.717, 1.165) is 25.2 Å². The normalized spacial score (nSPS) is 17.9. The van der Waals surface area contributed by atoms with Crippen molar-refractivity contribution >= 4 is 11.8 Å². The van der Waals surface area contributed by atoms with Crippen LogP contribution in [0, 0.1) is 0 Å². The highest BCUT2D eigenvalue weighted by molar-refractivity contribution is 5.93. The van der Waals surface area contributed by atoms with Gasteiger partial charge in [-0.25, -0.2) is 0 Å². The zero-order valence-corrected chi connectivity index (χ0v) is 15.6. The Bertz CT molecular complexity index is 846. The van der Waals surface area contributed by atoms with E-state index in [1.54, 1.807) is 12.1 Å². The van der Waals surface area contributed by atoms with Gasteiger partial charge < -0.3 is 10.6 Å². The third-order valence-electron chi connectivity index (χ3n) is 5.43. The monoisotopic (exact) mass is 367 g/mol. The first kappa shape index (κ1) is 17.7. The van der Waals surface area contributed by atoms with Gasteiger partial charge in [-0.3, -0.25) is 19.2 Å². The molecule has 1 aliphatic heterocycles. The van der Waals surface area contributed by atoms with E-state index < -0.39 is 5.91 Å². The summed E-state index contributed by atoms with van der Waals surface area (Å²) in [6, 6.07) is 9.36. The van der Waals surface area contributed by atoms with Crippen LogP contribution in [0.2, 0.25) is 0 Å². The Kier molecular flexibility index (Phi) is 4.70.